The maximum Gasteiger partial charge on any atom is 0.254 e. The van der Waals surface area contributed by atoms with Gasteiger partial charge in [-0.05, 0) is 36.8 Å². The molecular formula is C28H32N4O4. The molecule has 2 aromatic carbocycles. The third kappa shape index (κ3) is 7.05. The first-order valence-electron chi connectivity index (χ1n) is 12.2. The zero-order chi connectivity index (χ0) is 25.2. The van der Waals surface area contributed by atoms with E-state index in [-0.39, 0.29) is 11.8 Å². The van der Waals surface area contributed by atoms with E-state index in [9.17, 15) is 9.59 Å². The van der Waals surface area contributed by atoms with Crippen LogP contribution in [0.2, 0.25) is 0 Å². The molecule has 1 saturated heterocycles. The van der Waals surface area contributed by atoms with Gasteiger partial charge in [-0.1, -0.05) is 36.4 Å². The van der Waals surface area contributed by atoms with Crippen LogP contribution in [0.3, 0.4) is 0 Å². The number of ether oxygens (including phenoxy) is 2. The van der Waals surface area contributed by atoms with E-state index in [0.717, 1.165) is 11.1 Å². The number of nitrogens with zero attached hydrogens (tertiary/aromatic N) is 3. The molecule has 0 radical (unpaired) electrons. The summed E-state index contributed by atoms with van der Waals surface area (Å²) in [6.45, 7) is 5.99. The summed E-state index contributed by atoms with van der Waals surface area (Å²) in [6.07, 6.45) is 3.47. The molecule has 1 fully saturated rings. The second-order valence-corrected chi connectivity index (χ2v) is 8.58. The molecule has 36 heavy (non-hydrogen) atoms. The van der Waals surface area contributed by atoms with E-state index < -0.39 is 0 Å². The summed E-state index contributed by atoms with van der Waals surface area (Å²) in [5.74, 6) is 1.06. The van der Waals surface area contributed by atoms with Crippen molar-refractivity contribution in [2.24, 2.45) is 0 Å². The Kier molecular flexibility index (Phi) is 8.88. The monoisotopic (exact) mass is 488 g/mol. The number of nitrogens with one attached hydrogen (secondary N) is 1. The van der Waals surface area contributed by atoms with Gasteiger partial charge in [-0.25, -0.2) is 0 Å². The Morgan fingerprint density at radius 2 is 1.69 bits per heavy atom. The van der Waals surface area contributed by atoms with Crippen molar-refractivity contribution in [2.45, 2.75) is 20.1 Å². The molecule has 1 N–H and O–H groups in total. The molecule has 4 rings (SSSR count). The fourth-order valence-electron chi connectivity index (χ4n) is 4.02. The number of aromatic nitrogens is 1. The molecule has 1 aliphatic heterocycles. The molecule has 3 aromatic rings. The van der Waals surface area contributed by atoms with Gasteiger partial charge in [-0.2, -0.15) is 0 Å². The predicted molar refractivity (Wildman–Crippen MR) is 137 cm³/mol. The van der Waals surface area contributed by atoms with Crippen molar-refractivity contribution >= 4 is 11.8 Å². The minimum absolute atomic E-state index is 0.0122. The Morgan fingerprint density at radius 3 is 2.42 bits per heavy atom. The lowest BCUT2D eigenvalue weighted by molar-refractivity contribution is -0.122. The molecule has 8 heteroatoms. The van der Waals surface area contributed by atoms with Gasteiger partial charge in [-0.3, -0.25) is 19.5 Å². The molecule has 0 spiro atoms. The van der Waals surface area contributed by atoms with E-state index in [1.54, 1.807) is 30.6 Å². The van der Waals surface area contributed by atoms with Crippen molar-refractivity contribution in [3.8, 4) is 11.5 Å². The predicted octanol–water partition coefficient (Wildman–Crippen LogP) is 3.13. The molecule has 2 heterocycles. The number of benzene rings is 2. The SMILES string of the molecule is CCOc1cc(C(=O)N2CCN(CC(=O)NCc3ccccc3)CC2)ccc1OCc1cccnc1. The summed E-state index contributed by atoms with van der Waals surface area (Å²) >= 11 is 0. The Labute approximate surface area is 211 Å². The molecule has 188 valence electrons. The van der Waals surface area contributed by atoms with E-state index in [4.69, 9.17) is 9.47 Å². The van der Waals surface area contributed by atoms with Crippen LogP contribution in [-0.2, 0) is 17.9 Å². The van der Waals surface area contributed by atoms with Crippen molar-refractivity contribution in [3.05, 3.63) is 89.7 Å². The van der Waals surface area contributed by atoms with Crippen LogP contribution in [-0.4, -0.2) is 65.9 Å². The van der Waals surface area contributed by atoms with Crippen molar-refractivity contribution in [1.82, 2.24) is 20.1 Å². The van der Waals surface area contributed by atoms with Crippen LogP contribution in [0.5, 0.6) is 11.5 Å². The average molecular weight is 489 g/mol. The van der Waals surface area contributed by atoms with Gasteiger partial charge in [0, 0.05) is 56.2 Å². The highest BCUT2D eigenvalue weighted by molar-refractivity contribution is 5.95. The lowest BCUT2D eigenvalue weighted by Crippen LogP contribution is -2.51. The molecule has 1 aliphatic rings. The molecule has 0 saturated carbocycles. The summed E-state index contributed by atoms with van der Waals surface area (Å²) in [4.78, 5) is 33.5. The highest BCUT2D eigenvalue weighted by atomic mass is 16.5. The number of piperazine rings is 1. The first-order valence-corrected chi connectivity index (χ1v) is 12.2. The van der Waals surface area contributed by atoms with Gasteiger partial charge < -0.3 is 19.7 Å². The number of rotatable bonds is 10. The molecule has 8 nitrogen and oxygen atoms in total. The van der Waals surface area contributed by atoms with E-state index in [1.165, 1.54) is 0 Å². The summed E-state index contributed by atoms with van der Waals surface area (Å²) in [5, 5.41) is 2.96. The topological polar surface area (TPSA) is 84.0 Å². The summed E-state index contributed by atoms with van der Waals surface area (Å²) in [7, 11) is 0. The van der Waals surface area contributed by atoms with Gasteiger partial charge in [-0.15, -0.1) is 0 Å². The third-order valence-corrected chi connectivity index (χ3v) is 5.97. The highest BCUT2D eigenvalue weighted by Crippen LogP contribution is 2.30. The van der Waals surface area contributed by atoms with E-state index in [2.05, 4.69) is 15.2 Å². The van der Waals surface area contributed by atoms with Gasteiger partial charge in [0.15, 0.2) is 11.5 Å². The van der Waals surface area contributed by atoms with Crippen LogP contribution in [0.1, 0.15) is 28.4 Å². The highest BCUT2D eigenvalue weighted by Gasteiger charge is 2.24. The summed E-state index contributed by atoms with van der Waals surface area (Å²) in [6, 6.07) is 18.9. The van der Waals surface area contributed by atoms with Crippen molar-refractivity contribution in [3.63, 3.8) is 0 Å². The van der Waals surface area contributed by atoms with Crippen LogP contribution < -0.4 is 14.8 Å². The van der Waals surface area contributed by atoms with Crippen LogP contribution in [0.4, 0.5) is 0 Å². The number of hydrogen-bond donors (Lipinski definition) is 1. The lowest BCUT2D eigenvalue weighted by atomic mass is 10.1. The van der Waals surface area contributed by atoms with Crippen LogP contribution in [0.15, 0.2) is 73.1 Å². The largest absolute Gasteiger partial charge is 0.490 e. The second-order valence-electron chi connectivity index (χ2n) is 8.58. The quantitative estimate of drug-likeness (QED) is 0.472. The summed E-state index contributed by atoms with van der Waals surface area (Å²) in [5.41, 5.74) is 2.58. The van der Waals surface area contributed by atoms with Gasteiger partial charge in [0.25, 0.3) is 5.91 Å². The fraction of sp³-hybridized carbons (Fsp3) is 0.321. The molecule has 2 amide bonds. The van der Waals surface area contributed by atoms with Crippen molar-refractivity contribution < 1.29 is 19.1 Å². The smallest absolute Gasteiger partial charge is 0.254 e. The van der Waals surface area contributed by atoms with Crippen LogP contribution in [0.25, 0.3) is 0 Å². The van der Waals surface area contributed by atoms with Gasteiger partial charge in [0.1, 0.15) is 6.61 Å². The Bertz CT molecular complexity index is 1130. The number of amides is 2. The number of carbonyl (C=O) groups is 2. The number of carbonyl (C=O) groups excluding carboxylic acids is 2. The van der Waals surface area contributed by atoms with Gasteiger partial charge >= 0.3 is 0 Å². The second kappa shape index (κ2) is 12.7. The van der Waals surface area contributed by atoms with Crippen molar-refractivity contribution in [1.29, 1.82) is 0 Å². The maximum absolute atomic E-state index is 13.2. The Hall–Kier alpha value is -3.91. The standard InChI is InChI=1S/C28H32N4O4/c1-2-35-26-17-24(10-11-25(26)36-21-23-9-6-12-29-18-23)28(34)32-15-13-31(14-16-32)20-27(33)30-19-22-7-4-3-5-8-22/h3-12,17-18H,2,13-16,19-21H2,1H3,(H,30,33). The average Bonchev–Trinajstić information content (AvgIpc) is 2.92. The van der Waals surface area contributed by atoms with Crippen molar-refractivity contribution in [2.75, 3.05) is 39.3 Å². The molecule has 0 bridgehead atoms. The molecular weight excluding hydrogens is 456 g/mol. The third-order valence-electron chi connectivity index (χ3n) is 5.97. The number of pyridine rings is 1. The Morgan fingerprint density at radius 1 is 0.917 bits per heavy atom. The maximum atomic E-state index is 13.2. The fourth-order valence-corrected chi connectivity index (χ4v) is 4.02. The van der Waals surface area contributed by atoms with Gasteiger partial charge in [0.2, 0.25) is 5.91 Å². The van der Waals surface area contributed by atoms with Gasteiger partial charge in [0.05, 0.1) is 13.2 Å². The molecule has 1 aromatic heterocycles. The lowest BCUT2D eigenvalue weighted by Gasteiger charge is -2.34. The van der Waals surface area contributed by atoms with E-state index >= 15 is 0 Å². The number of hydrogen-bond acceptors (Lipinski definition) is 6. The zero-order valence-electron chi connectivity index (χ0n) is 20.6. The summed E-state index contributed by atoms with van der Waals surface area (Å²) < 4.78 is 11.7. The molecule has 0 atom stereocenters. The normalized spacial score (nSPS) is 13.8. The molecule has 0 aliphatic carbocycles. The van der Waals surface area contributed by atoms with E-state index in [1.807, 2.05) is 54.3 Å². The minimum atomic E-state index is -0.0528. The van der Waals surface area contributed by atoms with E-state index in [0.29, 0.717) is 69.5 Å². The molecule has 0 unspecified atom stereocenters. The van der Waals surface area contributed by atoms with Crippen LogP contribution >= 0.6 is 0 Å². The first kappa shape index (κ1) is 25.2. The van der Waals surface area contributed by atoms with Crippen LogP contribution in [0, 0.1) is 0 Å². The minimum Gasteiger partial charge on any atom is -0.490 e. The first-order chi connectivity index (χ1) is 17.6. The Balaban J connectivity index is 1.28. The zero-order valence-corrected chi connectivity index (χ0v) is 20.6.